The monoisotopic (exact) mass is 435 g/mol. The van der Waals surface area contributed by atoms with Gasteiger partial charge in [0.05, 0.1) is 12.2 Å². The minimum absolute atomic E-state index is 0.0672. The highest BCUT2D eigenvalue weighted by Gasteiger charge is 2.08. The smallest absolute Gasteiger partial charge is 0.251 e. The highest BCUT2D eigenvalue weighted by Crippen LogP contribution is 2.11. The third kappa shape index (κ3) is 7.94. The van der Waals surface area contributed by atoms with Crippen LogP contribution in [0.5, 0.6) is 0 Å². The highest BCUT2D eigenvalue weighted by atomic mass is 32.2. The number of amidine groups is 1. The van der Waals surface area contributed by atoms with Crippen LogP contribution in [0.2, 0.25) is 0 Å². The molecule has 0 aliphatic carbocycles. The molecule has 2 heterocycles. The van der Waals surface area contributed by atoms with Crippen molar-refractivity contribution >= 4 is 29.4 Å². The van der Waals surface area contributed by atoms with Crippen molar-refractivity contribution in [2.45, 2.75) is 19.9 Å². The van der Waals surface area contributed by atoms with Gasteiger partial charge in [-0.3, -0.25) is 14.8 Å². The van der Waals surface area contributed by atoms with E-state index in [4.69, 9.17) is 0 Å². The number of nitrogens with zero attached hydrogens (tertiary/aromatic N) is 2. The Bertz CT molecular complexity index is 909. The van der Waals surface area contributed by atoms with E-state index < -0.39 is 0 Å². The van der Waals surface area contributed by atoms with Gasteiger partial charge in [0.15, 0.2) is 0 Å². The highest BCUT2D eigenvalue weighted by molar-refractivity contribution is 7.98. The molecule has 1 aliphatic rings. The molecule has 0 fully saturated rings. The maximum absolute atomic E-state index is 12.4. The number of allylic oxidation sites excluding steroid dienone is 2. The number of carbonyl (C=O) groups excluding carboxylic acids is 1. The normalized spacial score (nSPS) is 19.4. The zero-order valence-corrected chi connectivity index (χ0v) is 18.6. The van der Waals surface area contributed by atoms with Gasteiger partial charge >= 0.3 is 0 Å². The summed E-state index contributed by atoms with van der Waals surface area (Å²) in [6, 6.07) is 13.3. The topological polar surface area (TPSA) is 78.4 Å². The van der Waals surface area contributed by atoms with Gasteiger partial charge < -0.3 is 15.4 Å². The van der Waals surface area contributed by atoms with Gasteiger partial charge in [-0.25, -0.2) is 0 Å². The van der Waals surface area contributed by atoms with Crippen LogP contribution in [0.15, 0.2) is 78.0 Å². The molecule has 3 rings (SSSR count). The SMILES string of the molecule is CC1/C=C\C=C/CSNC1=NCCCNC(=O)c1ccc(NCc2ccccn2)cc1. The molecule has 0 saturated heterocycles. The molecule has 31 heavy (non-hydrogen) atoms. The predicted molar refractivity (Wildman–Crippen MR) is 130 cm³/mol. The number of carbonyl (C=O) groups is 1. The van der Waals surface area contributed by atoms with Crippen LogP contribution < -0.4 is 15.4 Å². The summed E-state index contributed by atoms with van der Waals surface area (Å²) in [6.07, 6.45) is 10.9. The molecule has 2 aromatic rings. The number of aliphatic imine (C=N–C) groups is 1. The fourth-order valence-corrected chi connectivity index (χ4v) is 3.60. The van der Waals surface area contributed by atoms with Gasteiger partial charge in [0.25, 0.3) is 5.91 Å². The van der Waals surface area contributed by atoms with Crippen LogP contribution in [-0.4, -0.2) is 35.6 Å². The Labute approximate surface area is 188 Å². The Hall–Kier alpha value is -3.06. The molecular weight excluding hydrogens is 406 g/mol. The number of hydrogen-bond donors (Lipinski definition) is 3. The zero-order chi connectivity index (χ0) is 21.7. The summed E-state index contributed by atoms with van der Waals surface area (Å²) >= 11 is 1.64. The average molecular weight is 436 g/mol. The van der Waals surface area contributed by atoms with Crippen molar-refractivity contribution in [3.8, 4) is 0 Å². The van der Waals surface area contributed by atoms with E-state index in [1.807, 2.05) is 42.5 Å². The first kappa shape index (κ1) is 22.6. The van der Waals surface area contributed by atoms with E-state index in [1.165, 1.54) is 0 Å². The number of amides is 1. The maximum atomic E-state index is 12.4. The Kier molecular flexibility index (Phi) is 9.19. The fraction of sp³-hybridized carbons (Fsp3) is 0.292. The fourth-order valence-electron chi connectivity index (χ4n) is 2.91. The molecule has 162 valence electrons. The first-order valence-electron chi connectivity index (χ1n) is 10.5. The lowest BCUT2D eigenvalue weighted by molar-refractivity contribution is 0.0953. The molecule has 0 radical (unpaired) electrons. The van der Waals surface area contributed by atoms with Crippen molar-refractivity contribution in [1.82, 2.24) is 15.0 Å². The molecule has 1 aliphatic heterocycles. The van der Waals surface area contributed by atoms with Crippen molar-refractivity contribution in [3.63, 3.8) is 0 Å². The lowest BCUT2D eigenvalue weighted by Crippen LogP contribution is -2.26. The van der Waals surface area contributed by atoms with Crippen LogP contribution in [0.1, 0.15) is 29.4 Å². The van der Waals surface area contributed by atoms with Gasteiger partial charge in [-0.05, 0) is 54.8 Å². The molecular formula is C24H29N5OS. The van der Waals surface area contributed by atoms with Crippen molar-refractivity contribution in [2.75, 3.05) is 24.2 Å². The van der Waals surface area contributed by atoms with E-state index in [0.717, 1.165) is 29.4 Å². The first-order valence-corrected chi connectivity index (χ1v) is 11.5. The van der Waals surface area contributed by atoms with Crippen molar-refractivity contribution in [2.24, 2.45) is 10.9 Å². The number of rotatable bonds is 8. The van der Waals surface area contributed by atoms with Crippen LogP contribution >= 0.6 is 11.9 Å². The minimum Gasteiger partial charge on any atom is -0.379 e. The average Bonchev–Trinajstić information content (AvgIpc) is 2.90. The van der Waals surface area contributed by atoms with E-state index in [9.17, 15) is 4.79 Å². The molecule has 7 heteroatoms. The third-order valence-electron chi connectivity index (χ3n) is 4.68. The number of hydrogen-bond acceptors (Lipinski definition) is 5. The summed E-state index contributed by atoms with van der Waals surface area (Å²) in [4.78, 5) is 21.3. The summed E-state index contributed by atoms with van der Waals surface area (Å²) in [5.41, 5.74) is 2.57. The molecule has 1 unspecified atom stereocenters. The lowest BCUT2D eigenvalue weighted by atomic mass is 10.1. The summed E-state index contributed by atoms with van der Waals surface area (Å²) in [6.45, 7) is 4.03. The second-order valence-corrected chi connectivity index (χ2v) is 7.97. The van der Waals surface area contributed by atoms with Crippen molar-refractivity contribution in [1.29, 1.82) is 0 Å². The molecule has 1 atom stereocenters. The van der Waals surface area contributed by atoms with Gasteiger partial charge in [0.2, 0.25) is 0 Å². The molecule has 1 aromatic heterocycles. The quantitative estimate of drug-likeness (QED) is 0.428. The molecule has 0 spiro atoms. The largest absolute Gasteiger partial charge is 0.379 e. The standard InChI is InChI=1S/C24H29N5OS/c1-19-8-3-2-6-17-31-29-23(19)26-15-7-16-27-24(30)20-10-12-21(13-11-20)28-18-22-9-4-5-14-25-22/h2-6,8-14,19,28H,7,15-18H2,1H3,(H,26,29)(H,27,30)/b6-2-,8-3-. The van der Waals surface area contributed by atoms with Crippen LogP contribution in [0.3, 0.4) is 0 Å². The predicted octanol–water partition coefficient (Wildman–Crippen LogP) is 4.21. The number of benzene rings is 1. The van der Waals surface area contributed by atoms with Gasteiger partial charge in [0.1, 0.15) is 5.84 Å². The van der Waals surface area contributed by atoms with Gasteiger partial charge in [-0.2, -0.15) is 0 Å². The molecule has 0 saturated carbocycles. The van der Waals surface area contributed by atoms with Gasteiger partial charge in [-0.15, -0.1) is 0 Å². The maximum Gasteiger partial charge on any atom is 0.251 e. The molecule has 1 aromatic carbocycles. The Morgan fingerprint density at radius 2 is 2.10 bits per heavy atom. The second-order valence-electron chi connectivity index (χ2n) is 7.14. The van der Waals surface area contributed by atoms with Crippen LogP contribution in [0.25, 0.3) is 0 Å². The van der Waals surface area contributed by atoms with Gasteiger partial charge in [0, 0.05) is 42.2 Å². The zero-order valence-electron chi connectivity index (χ0n) is 17.8. The third-order valence-corrected chi connectivity index (χ3v) is 5.40. The van der Waals surface area contributed by atoms with Crippen molar-refractivity contribution < 1.29 is 4.79 Å². The van der Waals surface area contributed by atoms with Gasteiger partial charge in [-0.1, -0.05) is 37.3 Å². The Morgan fingerprint density at radius 3 is 2.90 bits per heavy atom. The van der Waals surface area contributed by atoms with Crippen LogP contribution in [-0.2, 0) is 6.54 Å². The van der Waals surface area contributed by atoms with E-state index in [1.54, 1.807) is 18.1 Å². The van der Waals surface area contributed by atoms with Crippen molar-refractivity contribution in [3.05, 3.63) is 84.2 Å². The van der Waals surface area contributed by atoms with Crippen LogP contribution in [0, 0.1) is 5.92 Å². The lowest BCUT2D eigenvalue weighted by Gasteiger charge is -2.12. The number of aromatic nitrogens is 1. The summed E-state index contributed by atoms with van der Waals surface area (Å²) < 4.78 is 3.33. The number of anilines is 1. The first-order chi connectivity index (χ1) is 15.2. The number of pyridine rings is 1. The van der Waals surface area contributed by atoms with E-state index >= 15 is 0 Å². The molecule has 1 amide bonds. The van der Waals surface area contributed by atoms with E-state index in [-0.39, 0.29) is 11.8 Å². The number of nitrogens with one attached hydrogen (secondary N) is 3. The van der Waals surface area contributed by atoms with E-state index in [0.29, 0.717) is 25.2 Å². The molecule has 6 nitrogen and oxygen atoms in total. The summed E-state index contributed by atoms with van der Waals surface area (Å²) in [5.74, 6) is 2.06. The Balaban J connectivity index is 1.39. The Morgan fingerprint density at radius 1 is 1.23 bits per heavy atom. The minimum atomic E-state index is -0.0672. The second kappa shape index (κ2) is 12.6. The molecule has 3 N–H and O–H groups in total. The summed E-state index contributed by atoms with van der Waals surface area (Å²) in [5, 5.41) is 6.28. The van der Waals surface area contributed by atoms with E-state index in [2.05, 4.69) is 56.6 Å². The summed E-state index contributed by atoms with van der Waals surface area (Å²) in [7, 11) is 0. The van der Waals surface area contributed by atoms with Crippen LogP contribution in [0.4, 0.5) is 5.69 Å². The molecule has 0 bridgehead atoms.